The molecule has 2 nitrogen and oxygen atoms in total. The molecule has 2 rings (SSSR count). The molecule has 2 heteroatoms. The van der Waals surface area contributed by atoms with Crippen LogP contribution >= 0.6 is 0 Å². The zero-order chi connectivity index (χ0) is 14.7. The van der Waals surface area contributed by atoms with Crippen LogP contribution in [0.1, 0.15) is 53.9 Å². The summed E-state index contributed by atoms with van der Waals surface area (Å²) in [5.74, 6) is 3.66. The van der Waals surface area contributed by atoms with Gasteiger partial charge < -0.3 is 9.80 Å². The molecular weight excluding hydrogens is 244 g/mol. The van der Waals surface area contributed by atoms with E-state index in [0.29, 0.717) is 0 Å². The highest BCUT2D eigenvalue weighted by Gasteiger charge is 2.30. The second-order valence-electron chi connectivity index (χ2n) is 8.01. The van der Waals surface area contributed by atoms with E-state index >= 15 is 0 Å². The first-order valence-corrected chi connectivity index (χ1v) is 8.93. The summed E-state index contributed by atoms with van der Waals surface area (Å²) in [5.41, 5.74) is 0. The summed E-state index contributed by atoms with van der Waals surface area (Å²) < 4.78 is 0. The smallest absolute Gasteiger partial charge is 0.00385 e. The molecule has 0 amide bonds. The van der Waals surface area contributed by atoms with Gasteiger partial charge in [-0.15, -0.1) is 0 Å². The Morgan fingerprint density at radius 2 is 1.60 bits per heavy atom. The van der Waals surface area contributed by atoms with E-state index in [0.717, 1.165) is 29.7 Å². The standard InChI is InChI=1S/C18H36N2/c1-14(2)18-8-9-19(12-16(18)5)13-17-6-10-20(11-7-17)15(3)4/h14-18H,6-13H2,1-5H3/t16-,18-/m0/s1. The van der Waals surface area contributed by atoms with Crippen LogP contribution in [-0.2, 0) is 0 Å². The van der Waals surface area contributed by atoms with Crippen molar-refractivity contribution in [1.82, 2.24) is 9.80 Å². The fourth-order valence-corrected chi connectivity index (χ4v) is 4.42. The number of hydrogen-bond donors (Lipinski definition) is 0. The van der Waals surface area contributed by atoms with Gasteiger partial charge in [-0.2, -0.15) is 0 Å². The lowest BCUT2D eigenvalue weighted by Crippen LogP contribution is -2.45. The van der Waals surface area contributed by atoms with Gasteiger partial charge >= 0.3 is 0 Å². The van der Waals surface area contributed by atoms with E-state index in [1.54, 1.807) is 0 Å². The Bertz CT molecular complexity index is 279. The van der Waals surface area contributed by atoms with E-state index in [1.165, 1.54) is 52.0 Å². The van der Waals surface area contributed by atoms with Gasteiger partial charge in [0.1, 0.15) is 0 Å². The van der Waals surface area contributed by atoms with Crippen LogP contribution in [-0.4, -0.2) is 48.6 Å². The van der Waals surface area contributed by atoms with Gasteiger partial charge in [0, 0.05) is 19.1 Å². The predicted octanol–water partition coefficient (Wildman–Crippen LogP) is 3.72. The minimum atomic E-state index is 0.734. The number of likely N-dealkylation sites (tertiary alicyclic amines) is 2. The quantitative estimate of drug-likeness (QED) is 0.774. The lowest BCUT2D eigenvalue weighted by atomic mass is 9.79. The Labute approximate surface area is 126 Å². The van der Waals surface area contributed by atoms with Crippen molar-refractivity contribution >= 4 is 0 Å². The number of hydrogen-bond acceptors (Lipinski definition) is 2. The molecule has 0 spiro atoms. The summed E-state index contributed by atoms with van der Waals surface area (Å²) in [4.78, 5) is 5.41. The number of nitrogens with zero attached hydrogens (tertiary/aromatic N) is 2. The van der Waals surface area contributed by atoms with Gasteiger partial charge in [0.2, 0.25) is 0 Å². The highest BCUT2D eigenvalue weighted by molar-refractivity contribution is 4.83. The summed E-state index contributed by atoms with van der Waals surface area (Å²) in [6, 6.07) is 0.734. The summed E-state index contributed by atoms with van der Waals surface area (Å²) in [5, 5.41) is 0. The first-order valence-electron chi connectivity index (χ1n) is 8.93. The predicted molar refractivity (Wildman–Crippen MR) is 88.0 cm³/mol. The molecule has 20 heavy (non-hydrogen) atoms. The van der Waals surface area contributed by atoms with Gasteiger partial charge in [-0.05, 0) is 76.4 Å². The molecule has 0 aromatic rings. The van der Waals surface area contributed by atoms with Crippen LogP contribution < -0.4 is 0 Å². The molecule has 0 aliphatic carbocycles. The molecule has 2 heterocycles. The van der Waals surface area contributed by atoms with Gasteiger partial charge in [0.25, 0.3) is 0 Å². The Morgan fingerprint density at radius 1 is 0.950 bits per heavy atom. The third kappa shape index (κ3) is 4.21. The van der Waals surface area contributed by atoms with Crippen LogP contribution in [0.15, 0.2) is 0 Å². The average Bonchev–Trinajstić information content (AvgIpc) is 2.39. The zero-order valence-corrected chi connectivity index (χ0v) is 14.4. The summed E-state index contributed by atoms with van der Waals surface area (Å²) >= 11 is 0. The maximum absolute atomic E-state index is 2.76. The van der Waals surface area contributed by atoms with Crippen molar-refractivity contribution in [2.45, 2.75) is 59.9 Å². The summed E-state index contributed by atoms with van der Waals surface area (Å²) in [6.07, 6.45) is 4.25. The Morgan fingerprint density at radius 3 is 2.10 bits per heavy atom. The zero-order valence-electron chi connectivity index (χ0n) is 14.4. The molecule has 2 aliphatic rings. The van der Waals surface area contributed by atoms with Crippen molar-refractivity contribution < 1.29 is 0 Å². The van der Waals surface area contributed by atoms with Crippen LogP contribution in [0.4, 0.5) is 0 Å². The molecule has 2 fully saturated rings. The third-order valence-electron chi connectivity index (χ3n) is 5.81. The molecule has 0 unspecified atom stereocenters. The summed E-state index contributed by atoms with van der Waals surface area (Å²) in [7, 11) is 0. The van der Waals surface area contributed by atoms with Crippen LogP contribution in [0.2, 0.25) is 0 Å². The van der Waals surface area contributed by atoms with E-state index in [4.69, 9.17) is 0 Å². The largest absolute Gasteiger partial charge is 0.303 e. The van der Waals surface area contributed by atoms with Gasteiger partial charge in [-0.3, -0.25) is 0 Å². The molecule has 0 aromatic carbocycles. The molecule has 0 radical (unpaired) electrons. The summed E-state index contributed by atoms with van der Waals surface area (Å²) in [6.45, 7) is 18.6. The second kappa shape index (κ2) is 7.26. The van der Waals surface area contributed by atoms with Gasteiger partial charge in [0.05, 0.1) is 0 Å². The molecular formula is C18H36N2. The SMILES string of the molecule is CC(C)[C@@H]1CCN(CC2CCN(C(C)C)CC2)C[C@@H]1C. The van der Waals surface area contributed by atoms with E-state index in [9.17, 15) is 0 Å². The monoisotopic (exact) mass is 280 g/mol. The maximum atomic E-state index is 2.76. The molecule has 2 saturated heterocycles. The fourth-order valence-electron chi connectivity index (χ4n) is 4.42. The highest BCUT2D eigenvalue weighted by Crippen LogP contribution is 2.30. The Kier molecular flexibility index (Phi) is 5.92. The van der Waals surface area contributed by atoms with Crippen molar-refractivity contribution in [2.24, 2.45) is 23.7 Å². The van der Waals surface area contributed by atoms with Crippen molar-refractivity contribution in [1.29, 1.82) is 0 Å². The highest BCUT2D eigenvalue weighted by atomic mass is 15.2. The van der Waals surface area contributed by atoms with Crippen molar-refractivity contribution in [3.63, 3.8) is 0 Å². The van der Waals surface area contributed by atoms with Crippen molar-refractivity contribution in [3.8, 4) is 0 Å². The van der Waals surface area contributed by atoms with Crippen molar-refractivity contribution in [2.75, 3.05) is 32.7 Å². The number of rotatable bonds is 4. The first-order chi connectivity index (χ1) is 9.47. The molecule has 118 valence electrons. The fraction of sp³-hybridized carbons (Fsp3) is 1.00. The van der Waals surface area contributed by atoms with Crippen molar-refractivity contribution in [3.05, 3.63) is 0 Å². The Balaban J connectivity index is 1.73. The number of piperidine rings is 2. The van der Waals surface area contributed by atoms with Gasteiger partial charge in [-0.1, -0.05) is 20.8 Å². The van der Waals surface area contributed by atoms with E-state index in [-0.39, 0.29) is 0 Å². The van der Waals surface area contributed by atoms with Crippen LogP contribution in [0, 0.1) is 23.7 Å². The van der Waals surface area contributed by atoms with E-state index in [1.807, 2.05) is 0 Å². The normalized spacial score (nSPS) is 31.4. The molecule has 0 aromatic heterocycles. The van der Waals surface area contributed by atoms with E-state index < -0.39 is 0 Å². The lowest BCUT2D eigenvalue weighted by molar-refractivity contribution is 0.0687. The molecule has 0 N–H and O–H groups in total. The Hall–Kier alpha value is -0.0800. The topological polar surface area (TPSA) is 6.48 Å². The maximum Gasteiger partial charge on any atom is 0.00385 e. The van der Waals surface area contributed by atoms with Crippen LogP contribution in [0.5, 0.6) is 0 Å². The lowest BCUT2D eigenvalue weighted by Gasteiger charge is -2.42. The van der Waals surface area contributed by atoms with E-state index in [2.05, 4.69) is 44.4 Å². The van der Waals surface area contributed by atoms with Crippen LogP contribution in [0.25, 0.3) is 0 Å². The van der Waals surface area contributed by atoms with Crippen LogP contribution in [0.3, 0.4) is 0 Å². The second-order valence-corrected chi connectivity index (χ2v) is 8.01. The third-order valence-corrected chi connectivity index (χ3v) is 5.81. The first kappa shape index (κ1) is 16.3. The molecule has 2 aliphatic heterocycles. The van der Waals surface area contributed by atoms with Gasteiger partial charge in [-0.25, -0.2) is 0 Å². The minimum Gasteiger partial charge on any atom is -0.303 e. The molecule has 0 saturated carbocycles. The average molecular weight is 280 g/mol. The molecule has 0 bridgehead atoms. The minimum absolute atomic E-state index is 0.734. The van der Waals surface area contributed by atoms with Gasteiger partial charge in [0.15, 0.2) is 0 Å². The molecule has 2 atom stereocenters.